The number of rotatable bonds is 3. The van der Waals surface area contributed by atoms with Crippen LogP contribution in [0.3, 0.4) is 0 Å². The summed E-state index contributed by atoms with van der Waals surface area (Å²) in [5.74, 6) is -0.591. The second-order valence-corrected chi connectivity index (χ2v) is 5.98. The number of H-pyrrole nitrogens is 1. The summed E-state index contributed by atoms with van der Waals surface area (Å²) in [6.07, 6.45) is 0. The predicted octanol–water partition coefficient (Wildman–Crippen LogP) is 0.816. The Hall–Kier alpha value is -2.58. The maximum Gasteiger partial charge on any atom is 0.328 e. The van der Waals surface area contributed by atoms with Crippen LogP contribution in [0.2, 0.25) is 5.02 Å². The van der Waals surface area contributed by atoms with E-state index in [1.807, 2.05) is 4.90 Å². The molecule has 1 aliphatic heterocycles. The van der Waals surface area contributed by atoms with Crippen molar-refractivity contribution in [2.24, 2.45) is 7.05 Å². The summed E-state index contributed by atoms with van der Waals surface area (Å²) in [5.41, 5.74) is -0.139. The molecule has 132 valence electrons. The standard InChI is InChI=1S/C16H17ClN4O4/c1-20-13(22)9-12(19-16(20)24)15(23)18-11-4-2-3-10(17)14(11)21-5-7-25-8-6-21/h2-4,9H,5-8H2,1H3,(H,18,23)(H,19,24). The van der Waals surface area contributed by atoms with Gasteiger partial charge in [0.05, 0.1) is 29.6 Å². The third-order valence-corrected chi connectivity index (χ3v) is 4.26. The van der Waals surface area contributed by atoms with Gasteiger partial charge in [0.2, 0.25) is 0 Å². The van der Waals surface area contributed by atoms with Gasteiger partial charge in [0.25, 0.3) is 11.5 Å². The topological polar surface area (TPSA) is 96.4 Å². The molecule has 0 bridgehead atoms. The van der Waals surface area contributed by atoms with Crippen molar-refractivity contribution >= 4 is 28.9 Å². The van der Waals surface area contributed by atoms with Gasteiger partial charge < -0.3 is 19.9 Å². The summed E-state index contributed by atoms with van der Waals surface area (Å²) in [6.45, 7) is 2.44. The Morgan fingerprint density at radius 3 is 2.68 bits per heavy atom. The maximum absolute atomic E-state index is 12.5. The van der Waals surface area contributed by atoms with Gasteiger partial charge in [0.1, 0.15) is 5.69 Å². The molecular formula is C16H17ClN4O4. The van der Waals surface area contributed by atoms with E-state index in [0.717, 1.165) is 10.6 Å². The first-order valence-corrected chi connectivity index (χ1v) is 8.08. The van der Waals surface area contributed by atoms with Gasteiger partial charge in [0.15, 0.2) is 0 Å². The SMILES string of the molecule is Cn1c(=O)cc(C(=O)Nc2cccc(Cl)c2N2CCOCC2)[nH]c1=O. The fraction of sp³-hybridized carbons (Fsp3) is 0.312. The molecule has 2 aromatic rings. The minimum Gasteiger partial charge on any atom is -0.378 e. The quantitative estimate of drug-likeness (QED) is 0.840. The zero-order chi connectivity index (χ0) is 18.0. The molecule has 1 saturated heterocycles. The van der Waals surface area contributed by atoms with Crippen LogP contribution in [0, 0.1) is 0 Å². The van der Waals surface area contributed by atoms with Gasteiger partial charge in [-0.15, -0.1) is 0 Å². The van der Waals surface area contributed by atoms with Crippen molar-refractivity contribution in [3.8, 4) is 0 Å². The van der Waals surface area contributed by atoms with Crippen LogP contribution in [-0.2, 0) is 11.8 Å². The molecule has 8 nitrogen and oxygen atoms in total. The number of nitrogens with one attached hydrogen (secondary N) is 2. The van der Waals surface area contributed by atoms with E-state index in [-0.39, 0.29) is 5.69 Å². The van der Waals surface area contributed by atoms with Crippen LogP contribution >= 0.6 is 11.6 Å². The number of aromatic amines is 1. The minimum atomic E-state index is -0.655. The molecule has 3 rings (SSSR count). The Morgan fingerprint density at radius 2 is 2.00 bits per heavy atom. The lowest BCUT2D eigenvalue weighted by Crippen LogP contribution is -2.37. The van der Waals surface area contributed by atoms with E-state index in [9.17, 15) is 14.4 Å². The van der Waals surface area contributed by atoms with E-state index in [0.29, 0.717) is 42.7 Å². The van der Waals surface area contributed by atoms with Crippen LogP contribution < -0.4 is 21.5 Å². The number of benzene rings is 1. The predicted molar refractivity (Wildman–Crippen MR) is 94.7 cm³/mol. The Kier molecular flexibility index (Phi) is 4.91. The third-order valence-electron chi connectivity index (χ3n) is 3.95. The van der Waals surface area contributed by atoms with Crippen LogP contribution in [-0.4, -0.2) is 41.8 Å². The lowest BCUT2D eigenvalue weighted by atomic mass is 10.2. The van der Waals surface area contributed by atoms with E-state index in [4.69, 9.17) is 16.3 Å². The highest BCUT2D eigenvalue weighted by molar-refractivity contribution is 6.34. The number of halogens is 1. The summed E-state index contributed by atoms with van der Waals surface area (Å²) < 4.78 is 6.22. The molecule has 2 N–H and O–H groups in total. The molecule has 1 amide bonds. The highest BCUT2D eigenvalue weighted by Crippen LogP contribution is 2.34. The molecule has 0 radical (unpaired) electrons. The van der Waals surface area contributed by atoms with E-state index < -0.39 is 17.2 Å². The fourth-order valence-corrected chi connectivity index (χ4v) is 2.89. The number of hydrogen-bond acceptors (Lipinski definition) is 5. The first-order valence-electron chi connectivity index (χ1n) is 7.70. The molecule has 25 heavy (non-hydrogen) atoms. The number of carbonyl (C=O) groups excluding carboxylic acids is 1. The molecule has 1 aromatic carbocycles. The number of amides is 1. The Bertz CT molecular complexity index is 884. The van der Waals surface area contributed by atoms with Crippen molar-refractivity contribution in [2.75, 3.05) is 36.5 Å². The molecule has 0 saturated carbocycles. The van der Waals surface area contributed by atoms with E-state index >= 15 is 0 Å². The molecule has 0 aliphatic carbocycles. The molecule has 0 unspecified atom stereocenters. The normalized spacial score (nSPS) is 14.4. The lowest BCUT2D eigenvalue weighted by molar-refractivity contribution is 0.102. The first-order chi connectivity index (χ1) is 12.0. The largest absolute Gasteiger partial charge is 0.378 e. The number of carbonyl (C=O) groups is 1. The van der Waals surface area contributed by atoms with Crippen LogP contribution in [0.5, 0.6) is 0 Å². The van der Waals surface area contributed by atoms with Gasteiger partial charge in [0, 0.05) is 26.2 Å². The number of ether oxygens (including phenoxy) is 1. The minimum absolute atomic E-state index is 0.110. The number of anilines is 2. The van der Waals surface area contributed by atoms with Crippen LogP contribution in [0.25, 0.3) is 0 Å². The molecule has 1 fully saturated rings. The molecule has 0 atom stereocenters. The van der Waals surface area contributed by atoms with Crippen LogP contribution in [0.15, 0.2) is 33.9 Å². The van der Waals surface area contributed by atoms with Crippen LogP contribution in [0.1, 0.15) is 10.5 Å². The molecule has 2 heterocycles. The van der Waals surface area contributed by atoms with Crippen molar-refractivity contribution in [3.63, 3.8) is 0 Å². The monoisotopic (exact) mass is 364 g/mol. The zero-order valence-electron chi connectivity index (χ0n) is 13.5. The van der Waals surface area contributed by atoms with Gasteiger partial charge in [-0.05, 0) is 12.1 Å². The second-order valence-electron chi connectivity index (χ2n) is 5.57. The lowest BCUT2D eigenvalue weighted by Gasteiger charge is -2.31. The van der Waals surface area contributed by atoms with Gasteiger partial charge >= 0.3 is 5.69 Å². The van der Waals surface area contributed by atoms with E-state index in [2.05, 4.69) is 10.3 Å². The van der Waals surface area contributed by atoms with E-state index in [1.54, 1.807) is 18.2 Å². The molecule has 1 aromatic heterocycles. The number of nitrogens with zero attached hydrogens (tertiary/aromatic N) is 2. The van der Waals surface area contributed by atoms with Gasteiger partial charge in [-0.3, -0.25) is 14.2 Å². The van der Waals surface area contributed by atoms with Crippen molar-refractivity contribution in [3.05, 3.63) is 55.8 Å². The molecule has 9 heteroatoms. The highest BCUT2D eigenvalue weighted by atomic mass is 35.5. The average Bonchev–Trinajstić information content (AvgIpc) is 2.60. The zero-order valence-corrected chi connectivity index (χ0v) is 14.3. The average molecular weight is 365 g/mol. The fourth-order valence-electron chi connectivity index (χ4n) is 2.59. The highest BCUT2D eigenvalue weighted by Gasteiger charge is 2.20. The summed E-state index contributed by atoms with van der Waals surface area (Å²) in [6, 6.07) is 6.25. The Balaban J connectivity index is 1.93. The number of hydrogen-bond donors (Lipinski definition) is 2. The van der Waals surface area contributed by atoms with Gasteiger partial charge in [-0.25, -0.2) is 4.79 Å². The first kappa shape index (κ1) is 17.2. The van der Waals surface area contributed by atoms with Crippen molar-refractivity contribution in [1.29, 1.82) is 0 Å². The molecule has 1 aliphatic rings. The summed E-state index contributed by atoms with van der Waals surface area (Å²) in [4.78, 5) is 40.2. The maximum atomic E-state index is 12.5. The second kappa shape index (κ2) is 7.12. The molecular weight excluding hydrogens is 348 g/mol. The number of para-hydroxylation sites is 1. The van der Waals surface area contributed by atoms with Crippen molar-refractivity contribution in [2.45, 2.75) is 0 Å². The summed E-state index contributed by atoms with van der Waals surface area (Å²) in [5, 5.41) is 3.21. The van der Waals surface area contributed by atoms with Crippen molar-refractivity contribution in [1.82, 2.24) is 9.55 Å². The number of morpholine rings is 1. The Morgan fingerprint density at radius 1 is 1.28 bits per heavy atom. The van der Waals surface area contributed by atoms with Gasteiger partial charge in [-0.2, -0.15) is 0 Å². The molecule has 0 spiro atoms. The summed E-state index contributed by atoms with van der Waals surface area (Å²) in [7, 11) is 1.33. The smallest absolute Gasteiger partial charge is 0.328 e. The third kappa shape index (κ3) is 3.59. The van der Waals surface area contributed by atoms with Gasteiger partial charge in [-0.1, -0.05) is 17.7 Å². The van der Waals surface area contributed by atoms with Crippen LogP contribution in [0.4, 0.5) is 11.4 Å². The van der Waals surface area contributed by atoms with Crippen molar-refractivity contribution < 1.29 is 9.53 Å². The summed E-state index contributed by atoms with van der Waals surface area (Å²) >= 11 is 6.32. The Labute approximate surface area is 148 Å². The number of aromatic nitrogens is 2. The van der Waals surface area contributed by atoms with E-state index in [1.165, 1.54) is 7.05 Å².